The molecule has 2 aromatic rings. The highest BCUT2D eigenvalue weighted by Gasteiger charge is 2.20. The lowest BCUT2D eigenvalue weighted by atomic mass is 10.1. The Morgan fingerprint density at radius 2 is 2.00 bits per heavy atom. The second-order valence-electron chi connectivity index (χ2n) is 5.49. The van der Waals surface area contributed by atoms with Crippen molar-refractivity contribution in [1.82, 2.24) is 9.97 Å². The smallest absolute Gasteiger partial charge is 0.412 e. The van der Waals surface area contributed by atoms with E-state index in [-0.39, 0.29) is 16.5 Å². The van der Waals surface area contributed by atoms with Gasteiger partial charge in [0, 0.05) is 18.0 Å². The quantitative estimate of drug-likeness (QED) is 0.838. The third kappa shape index (κ3) is 3.92. The number of carbonyl (C=O) groups is 1. The molecule has 0 aliphatic heterocycles. The van der Waals surface area contributed by atoms with Crippen LogP contribution in [-0.2, 0) is 4.74 Å². The number of amides is 1. The molecule has 0 radical (unpaired) electrons. The van der Waals surface area contributed by atoms with Gasteiger partial charge in [0.1, 0.15) is 17.1 Å². The highest BCUT2D eigenvalue weighted by molar-refractivity contribution is 6.33. The van der Waals surface area contributed by atoms with Crippen LogP contribution in [0.3, 0.4) is 0 Å². The number of ether oxygens (including phenoxy) is 1. The maximum atomic E-state index is 13.9. The van der Waals surface area contributed by atoms with Gasteiger partial charge >= 0.3 is 6.09 Å². The Labute approximate surface area is 132 Å². The summed E-state index contributed by atoms with van der Waals surface area (Å²) in [4.78, 5) is 19.8. The first kappa shape index (κ1) is 16.2. The van der Waals surface area contributed by atoms with Crippen LogP contribution in [0.1, 0.15) is 20.8 Å². The minimum atomic E-state index is -0.708. The van der Waals surface area contributed by atoms with Crippen molar-refractivity contribution in [1.29, 1.82) is 0 Å². The molecule has 2 heterocycles. The molecule has 5 nitrogen and oxygen atoms in total. The number of carbonyl (C=O) groups excluding carboxylic acids is 1. The predicted octanol–water partition coefficient (Wildman–Crippen LogP) is 4.28. The maximum Gasteiger partial charge on any atom is 0.412 e. The predicted molar refractivity (Wildman–Crippen MR) is 82.3 cm³/mol. The lowest BCUT2D eigenvalue weighted by Crippen LogP contribution is -2.27. The average molecular weight is 324 g/mol. The van der Waals surface area contributed by atoms with Crippen LogP contribution < -0.4 is 5.32 Å². The van der Waals surface area contributed by atoms with Crippen molar-refractivity contribution in [2.75, 3.05) is 5.32 Å². The van der Waals surface area contributed by atoms with Crippen LogP contribution in [0.5, 0.6) is 0 Å². The summed E-state index contributed by atoms with van der Waals surface area (Å²) in [6.07, 6.45) is 2.15. The largest absolute Gasteiger partial charge is 0.444 e. The van der Waals surface area contributed by atoms with Crippen molar-refractivity contribution in [2.24, 2.45) is 0 Å². The van der Waals surface area contributed by atoms with Crippen LogP contribution in [0.4, 0.5) is 14.9 Å². The van der Waals surface area contributed by atoms with Crippen LogP contribution in [0.2, 0.25) is 5.15 Å². The Bertz CT molecular complexity index is 701. The van der Waals surface area contributed by atoms with E-state index in [1.54, 1.807) is 20.8 Å². The van der Waals surface area contributed by atoms with E-state index < -0.39 is 17.5 Å². The van der Waals surface area contributed by atoms with Gasteiger partial charge in [0.15, 0.2) is 5.15 Å². The van der Waals surface area contributed by atoms with E-state index in [4.69, 9.17) is 16.3 Å². The molecule has 0 fully saturated rings. The Kier molecular flexibility index (Phi) is 4.61. The van der Waals surface area contributed by atoms with Gasteiger partial charge in [0.2, 0.25) is 0 Å². The molecule has 116 valence electrons. The number of anilines is 1. The summed E-state index contributed by atoms with van der Waals surface area (Å²) in [5.41, 5.74) is -0.132. The van der Waals surface area contributed by atoms with Crippen LogP contribution in [0, 0.1) is 5.82 Å². The normalized spacial score (nSPS) is 11.1. The van der Waals surface area contributed by atoms with Gasteiger partial charge in [-0.25, -0.2) is 14.2 Å². The minimum absolute atomic E-state index is 0.0217. The Balaban J connectivity index is 2.40. The van der Waals surface area contributed by atoms with Crippen LogP contribution in [0.25, 0.3) is 11.3 Å². The molecule has 0 aromatic carbocycles. The monoisotopic (exact) mass is 323 g/mol. The molecule has 0 unspecified atom stereocenters. The van der Waals surface area contributed by atoms with Crippen molar-refractivity contribution < 1.29 is 13.9 Å². The highest BCUT2D eigenvalue weighted by Crippen LogP contribution is 2.33. The first-order valence-corrected chi connectivity index (χ1v) is 6.91. The van der Waals surface area contributed by atoms with Crippen molar-refractivity contribution in [3.8, 4) is 11.3 Å². The molecule has 0 bridgehead atoms. The van der Waals surface area contributed by atoms with Gasteiger partial charge in [-0.2, -0.15) is 0 Å². The molecule has 1 amide bonds. The molecule has 0 aliphatic rings. The van der Waals surface area contributed by atoms with Crippen molar-refractivity contribution in [3.05, 3.63) is 41.6 Å². The third-order valence-electron chi connectivity index (χ3n) is 2.54. The molecular formula is C15H15ClFN3O2. The average Bonchev–Trinajstić information content (AvgIpc) is 2.40. The van der Waals surface area contributed by atoms with Gasteiger partial charge in [-0.1, -0.05) is 11.6 Å². The fourth-order valence-electron chi connectivity index (χ4n) is 1.74. The van der Waals surface area contributed by atoms with Gasteiger partial charge < -0.3 is 4.74 Å². The van der Waals surface area contributed by atoms with Crippen molar-refractivity contribution >= 4 is 23.4 Å². The third-order valence-corrected chi connectivity index (χ3v) is 2.83. The lowest BCUT2D eigenvalue weighted by molar-refractivity contribution is 0.0636. The fourth-order valence-corrected chi connectivity index (χ4v) is 1.95. The second kappa shape index (κ2) is 6.27. The lowest BCUT2D eigenvalue weighted by Gasteiger charge is -2.20. The van der Waals surface area contributed by atoms with E-state index in [1.165, 1.54) is 30.6 Å². The van der Waals surface area contributed by atoms with Gasteiger partial charge in [-0.15, -0.1) is 0 Å². The highest BCUT2D eigenvalue weighted by atomic mass is 35.5. The number of nitrogens with one attached hydrogen (secondary N) is 1. The van der Waals surface area contributed by atoms with Crippen molar-refractivity contribution in [2.45, 2.75) is 26.4 Å². The van der Waals surface area contributed by atoms with E-state index in [2.05, 4.69) is 15.3 Å². The Morgan fingerprint density at radius 1 is 1.27 bits per heavy atom. The van der Waals surface area contributed by atoms with E-state index in [9.17, 15) is 9.18 Å². The zero-order valence-electron chi connectivity index (χ0n) is 12.4. The SMILES string of the molecule is CC(C)(C)OC(=O)Nc1c(-c2ncccc2F)ccnc1Cl. The molecule has 0 atom stereocenters. The molecule has 22 heavy (non-hydrogen) atoms. The molecule has 0 spiro atoms. The number of hydrogen-bond donors (Lipinski definition) is 1. The van der Waals surface area contributed by atoms with Crippen LogP contribution in [-0.4, -0.2) is 21.7 Å². The summed E-state index contributed by atoms with van der Waals surface area (Å²) in [5, 5.41) is 2.52. The Morgan fingerprint density at radius 3 is 2.64 bits per heavy atom. The topological polar surface area (TPSA) is 64.1 Å². The fraction of sp³-hybridized carbons (Fsp3) is 0.267. The summed E-state index contributed by atoms with van der Waals surface area (Å²) in [6, 6.07) is 4.26. The Hall–Kier alpha value is -2.21. The maximum absolute atomic E-state index is 13.9. The van der Waals surface area contributed by atoms with Gasteiger partial charge in [0.25, 0.3) is 0 Å². The van der Waals surface area contributed by atoms with E-state index >= 15 is 0 Å². The standard InChI is InChI=1S/C15H15ClFN3O2/c1-15(2,3)22-14(21)20-12-9(6-8-19-13(12)16)11-10(17)5-4-7-18-11/h4-8H,1-3H3,(H,20,21). The molecule has 0 saturated heterocycles. The molecule has 2 aromatic heterocycles. The zero-order chi connectivity index (χ0) is 16.3. The molecule has 7 heteroatoms. The molecule has 0 saturated carbocycles. The number of rotatable bonds is 2. The summed E-state index contributed by atoms with van der Waals surface area (Å²) < 4.78 is 19.1. The first-order valence-electron chi connectivity index (χ1n) is 6.53. The molecule has 0 aliphatic carbocycles. The number of halogens is 2. The number of pyridine rings is 2. The number of nitrogens with zero attached hydrogens (tertiary/aromatic N) is 2. The molecule has 1 N–H and O–H groups in total. The van der Waals surface area contributed by atoms with Gasteiger partial charge in [-0.3, -0.25) is 10.3 Å². The van der Waals surface area contributed by atoms with Gasteiger partial charge in [-0.05, 0) is 39.0 Å². The number of hydrogen-bond acceptors (Lipinski definition) is 4. The molecule has 2 rings (SSSR count). The van der Waals surface area contributed by atoms with Gasteiger partial charge in [0.05, 0.1) is 5.69 Å². The van der Waals surface area contributed by atoms with E-state index in [0.29, 0.717) is 5.56 Å². The minimum Gasteiger partial charge on any atom is -0.444 e. The van der Waals surface area contributed by atoms with Crippen LogP contribution >= 0.6 is 11.6 Å². The first-order chi connectivity index (χ1) is 10.3. The summed E-state index contributed by atoms with van der Waals surface area (Å²) >= 11 is 6.02. The summed E-state index contributed by atoms with van der Waals surface area (Å²) in [7, 11) is 0. The zero-order valence-corrected chi connectivity index (χ0v) is 13.1. The summed E-state index contributed by atoms with van der Waals surface area (Å²) in [5.74, 6) is -0.531. The van der Waals surface area contributed by atoms with Crippen molar-refractivity contribution in [3.63, 3.8) is 0 Å². The van der Waals surface area contributed by atoms with E-state index in [1.807, 2.05) is 0 Å². The molecular weight excluding hydrogens is 309 g/mol. The number of aromatic nitrogens is 2. The van der Waals surface area contributed by atoms with E-state index in [0.717, 1.165) is 0 Å². The second-order valence-corrected chi connectivity index (χ2v) is 5.84. The summed E-state index contributed by atoms with van der Waals surface area (Å²) in [6.45, 7) is 5.20. The van der Waals surface area contributed by atoms with Crippen LogP contribution in [0.15, 0.2) is 30.6 Å².